The highest BCUT2D eigenvalue weighted by atomic mass is 79.9. The first-order chi connectivity index (χ1) is 15.4. The van der Waals surface area contributed by atoms with Crippen molar-refractivity contribution in [1.82, 2.24) is 4.98 Å². The molecule has 0 radical (unpaired) electrons. The van der Waals surface area contributed by atoms with Gasteiger partial charge < -0.3 is 5.11 Å². The molecule has 1 aliphatic heterocycles. The second kappa shape index (κ2) is 8.00. The number of thiazole rings is 1. The van der Waals surface area contributed by atoms with E-state index in [1.54, 1.807) is 12.1 Å². The van der Waals surface area contributed by atoms with Crippen LogP contribution >= 0.6 is 27.3 Å². The lowest BCUT2D eigenvalue weighted by Crippen LogP contribution is -2.29. The molecule has 5 nitrogen and oxygen atoms in total. The van der Waals surface area contributed by atoms with Crippen molar-refractivity contribution in [2.75, 3.05) is 4.90 Å². The van der Waals surface area contributed by atoms with Gasteiger partial charge in [-0.15, -0.1) is 0 Å². The molecule has 0 aliphatic carbocycles. The molecule has 0 unspecified atom stereocenters. The van der Waals surface area contributed by atoms with Crippen LogP contribution in [0.1, 0.15) is 22.7 Å². The van der Waals surface area contributed by atoms with E-state index in [9.17, 15) is 14.7 Å². The maximum absolute atomic E-state index is 13.2. The van der Waals surface area contributed by atoms with Crippen LogP contribution in [-0.2, 0) is 9.59 Å². The second-order valence-electron chi connectivity index (χ2n) is 7.55. The molecule has 0 saturated carbocycles. The van der Waals surface area contributed by atoms with Crippen LogP contribution in [0.3, 0.4) is 0 Å². The molecule has 4 aromatic rings. The molecule has 5 rings (SSSR count). The number of ketones is 1. The quantitative estimate of drug-likeness (QED) is 0.211. The minimum Gasteiger partial charge on any atom is -0.507 e. The number of Topliss-reactive ketones (excluding diaryl/α,β-unsaturated/α-hetero) is 1. The summed E-state index contributed by atoms with van der Waals surface area (Å²) in [6.45, 7) is 1.94. The average molecular weight is 505 g/mol. The van der Waals surface area contributed by atoms with E-state index >= 15 is 0 Å². The maximum atomic E-state index is 13.2. The van der Waals surface area contributed by atoms with Gasteiger partial charge in [0, 0.05) is 10.0 Å². The van der Waals surface area contributed by atoms with Gasteiger partial charge in [-0.25, -0.2) is 4.98 Å². The third-order valence-corrected chi connectivity index (χ3v) is 7.01. The van der Waals surface area contributed by atoms with Gasteiger partial charge in [0.1, 0.15) is 5.76 Å². The number of anilines is 1. The van der Waals surface area contributed by atoms with Crippen LogP contribution in [0.5, 0.6) is 0 Å². The van der Waals surface area contributed by atoms with Crippen LogP contribution in [0.25, 0.3) is 16.0 Å². The largest absolute Gasteiger partial charge is 0.507 e. The molecular formula is C25H17BrN2O3S. The number of amides is 1. The predicted octanol–water partition coefficient (Wildman–Crippen LogP) is 5.99. The summed E-state index contributed by atoms with van der Waals surface area (Å²) in [7, 11) is 0. The van der Waals surface area contributed by atoms with Crippen LogP contribution in [0.2, 0.25) is 0 Å². The number of fused-ring (bicyclic) bond motifs is 1. The number of carbonyl (C=O) groups excluding carboxylic acids is 2. The molecule has 1 atom stereocenters. The fraction of sp³-hybridized carbons (Fsp3) is 0.0800. The fourth-order valence-corrected chi connectivity index (χ4v) is 5.08. The molecule has 32 heavy (non-hydrogen) atoms. The van der Waals surface area contributed by atoms with Crippen molar-refractivity contribution >= 4 is 60.1 Å². The van der Waals surface area contributed by atoms with Crippen LogP contribution in [0.4, 0.5) is 5.13 Å². The Hall–Kier alpha value is -3.29. The van der Waals surface area contributed by atoms with E-state index in [0.717, 1.165) is 20.3 Å². The van der Waals surface area contributed by atoms with Crippen LogP contribution in [0, 0.1) is 6.92 Å². The lowest BCUT2D eigenvalue weighted by Gasteiger charge is -2.23. The Balaban J connectivity index is 1.73. The van der Waals surface area contributed by atoms with E-state index in [2.05, 4.69) is 20.9 Å². The topological polar surface area (TPSA) is 70.5 Å². The summed E-state index contributed by atoms with van der Waals surface area (Å²) in [5.74, 6) is -1.62. The number of aromatic nitrogens is 1. The molecule has 1 N–H and O–H groups in total. The smallest absolute Gasteiger partial charge is 0.301 e. The van der Waals surface area contributed by atoms with Gasteiger partial charge in [-0.2, -0.15) is 0 Å². The van der Waals surface area contributed by atoms with Gasteiger partial charge in [-0.05, 0) is 36.8 Å². The van der Waals surface area contributed by atoms with Gasteiger partial charge in [0.05, 0.1) is 21.8 Å². The molecule has 3 aromatic carbocycles. The molecule has 1 saturated heterocycles. The van der Waals surface area contributed by atoms with Gasteiger partial charge in [-0.1, -0.05) is 81.4 Å². The molecule has 1 amide bonds. The predicted molar refractivity (Wildman–Crippen MR) is 130 cm³/mol. The zero-order chi connectivity index (χ0) is 22.4. The van der Waals surface area contributed by atoms with Crippen molar-refractivity contribution in [3.63, 3.8) is 0 Å². The summed E-state index contributed by atoms with van der Waals surface area (Å²) < 4.78 is 1.79. The van der Waals surface area contributed by atoms with E-state index in [-0.39, 0.29) is 11.3 Å². The third kappa shape index (κ3) is 3.43. The molecule has 1 fully saturated rings. The highest BCUT2D eigenvalue weighted by molar-refractivity contribution is 9.10. The number of halogens is 1. The highest BCUT2D eigenvalue weighted by Gasteiger charge is 2.48. The summed E-state index contributed by atoms with van der Waals surface area (Å²) in [6, 6.07) is 21.4. The van der Waals surface area contributed by atoms with Gasteiger partial charge in [0.15, 0.2) is 5.13 Å². The van der Waals surface area contributed by atoms with E-state index < -0.39 is 17.7 Å². The molecule has 1 aliphatic rings. The van der Waals surface area contributed by atoms with Crippen molar-refractivity contribution in [1.29, 1.82) is 0 Å². The summed E-state index contributed by atoms with van der Waals surface area (Å²) in [6.07, 6.45) is 0. The van der Waals surface area contributed by atoms with Gasteiger partial charge in [0.2, 0.25) is 0 Å². The molecule has 7 heteroatoms. The number of aryl methyl sites for hydroxylation is 1. The van der Waals surface area contributed by atoms with Crippen LogP contribution < -0.4 is 4.90 Å². The van der Waals surface area contributed by atoms with Crippen molar-refractivity contribution in [2.24, 2.45) is 0 Å². The molecule has 1 aromatic heterocycles. The Morgan fingerprint density at radius 2 is 1.69 bits per heavy atom. The lowest BCUT2D eigenvalue weighted by molar-refractivity contribution is -0.132. The van der Waals surface area contributed by atoms with E-state index in [0.29, 0.717) is 16.3 Å². The number of para-hydroxylation sites is 1. The van der Waals surface area contributed by atoms with Crippen molar-refractivity contribution in [2.45, 2.75) is 13.0 Å². The molecular weight excluding hydrogens is 488 g/mol. The Morgan fingerprint density at radius 1 is 1.00 bits per heavy atom. The average Bonchev–Trinajstić information content (AvgIpc) is 3.33. The standard InChI is InChI=1S/C25H17BrN2O3S/c1-14-6-8-16(9-7-14)22(29)20-21(15-10-12-17(26)13-11-15)28(24(31)23(20)30)25-27-18-4-2-3-5-19(18)32-25/h2-13,21,29H,1H3/t21-/m1/s1. The Labute approximate surface area is 196 Å². The zero-order valence-electron chi connectivity index (χ0n) is 16.9. The number of nitrogens with zero attached hydrogens (tertiary/aromatic N) is 2. The number of hydrogen-bond donors (Lipinski definition) is 1. The third-order valence-electron chi connectivity index (χ3n) is 5.44. The Bertz CT molecular complexity index is 1360. The van der Waals surface area contributed by atoms with Crippen molar-refractivity contribution in [3.8, 4) is 0 Å². The molecule has 2 heterocycles. The van der Waals surface area contributed by atoms with Gasteiger partial charge in [0.25, 0.3) is 5.78 Å². The summed E-state index contributed by atoms with van der Waals surface area (Å²) in [5, 5.41) is 11.6. The van der Waals surface area contributed by atoms with Crippen molar-refractivity contribution < 1.29 is 14.7 Å². The van der Waals surface area contributed by atoms with Crippen LogP contribution in [-0.4, -0.2) is 21.8 Å². The lowest BCUT2D eigenvalue weighted by atomic mass is 9.95. The number of aliphatic hydroxyl groups excluding tert-OH is 1. The second-order valence-corrected chi connectivity index (χ2v) is 9.48. The Morgan fingerprint density at radius 3 is 2.38 bits per heavy atom. The SMILES string of the molecule is Cc1ccc(C(O)=C2C(=O)C(=O)N(c3nc4ccccc4s3)[C@@H]2c2ccc(Br)cc2)cc1. The number of benzene rings is 3. The molecule has 0 bridgehead atoms. The summed E-state index contributed by atoms with van der Waals surface area (Å²) in [4.78, 5) is 32.4. The molecule has 0 spiro atoms. The number of carbonyl (C=O) groups is 2. The highest BCUT2D eigenvalue weighted by Crippen LogP contribution is 2.44. The van der Waals surface area contributed by atoms with Crippen LogP contribution in [0.15, 0.2) is 82.8 Å². The van der Waals surface area contributed by atoms with Crippen molar-refractivity contribution in [3.05, 3.63) is 99.5 Å². The number of hydrogen-bond acceptors (Lipinski definition) is 5. The van der Waals surface area contributed by atoms with E-state index in [1.165, 1.54) is 16.2 Å². The maximum Gasteiger partial charge on any atom is 0.301 e. The van der Waals surface area contributed by atoms with E-state index in [1.807, 2.05) is 67.6 Å². The zero-order valence-corrected chi connectivity index (χ0v) is 19.4. The number of rotatable bonds is 3. The first-order valence-electron chi connectivity index (χ1n) is 9.93. The minimum atomic E-state index is -0.787. The van der Waals surface area contributed by atoms with Gasteiger partial charge in [-0.3, -0.25) is 14.5 Å². The monoisotopic (exact) mass is 504 g/mol. The fourth-order valence-electron chi connectivity index (χ4n) is 3.82. The Kier molecular flexibility index (Phi) is 5.15. The summed E-state index contributed by atoms with van der Waals surface area (Å²) >= 11 is 4.77. The first kappa shape index (κ1) is 20.6. The molecule has 158 valence electrons. The normalized spacial score (nSPS) is 17.9. The minimum absolute atomic E-state index is 0.0560. The first-order valence-corrected chi connectivity index (χ1v) is 11.5. The van der Waals surface area contributed by atoms with Gasteiger partial charge >= 0.3 is 5.91 Å². The summed E-state index contributed by atoms with van der Waals surface area (Å²) in [5.41, 5.74) is 3.03. The number of aliphatic hydroxyl groups is 1. The van der Waals surface area contributed by atoms with E-state index in [4.69, 9.17) is 0 Å².